The number of carbonyl (C=O) groups excluding carboxylic acids is 1. The number of carbonyl (C=O) groups is 1. The van der Waals surface area contributed by atoms with Crippen LogP contribution in [0.5, 0.6) is 0 Å². The SMILES string of the molecule is Cc1cc(C)c(-c2csc(NC(=O)CN3CCCC3c3cc(C)no3)n2)c(C)c1. The van der Waals surface area contributed by atoms with Crippen LogP contribution in [0.4, 0.5) is 5.13 Å². The van der Waals surface area contributed by atoms with E-state index in [2.05, 4.69) is 53.3 Å². The normalized spacial score (nSPS) is 17.0. The average molecular weight is 411 g/mol. The lowest BCUT2D eigenvalue weighted by atomic mass is 9.98. The molecule has 0 aliphatic carbocycles. The molecule has 1 saturated heterocycles. The third kappa shape index (κ3) is 4.26. The zero-order chi connectivity index (χ0) is 20.5. The maximum absolute atomic E-state index is 12.6. The first-order valence-corrected chi connectivity index (χ1v) is 10.8. The van der Waals surface area contributed by atoms with E-state index in [1.54, 1.807) is 0 Å². The Morgan fingerprint density at radius 1 is 1.24 bits per heavy atom. The number of nitrogens with zero attached hydrogens (tertiary/aromatic N) is 3. The molecule has 0 saturated carbocycles. The number of hydrogen-bond donors (Lipinski definition) is 1. The predicted octanol–water partition coefficient (Wildman–Crippen LogP) is 4.81. The van der Waals surface area contributed by atoms with E-state index in [1.807, 2.05) is 18.4 Å². The number of nitrogens with one attached hydrogen (secondary N) is 1. The Hall–Kier alpha value is -2.51. The lowest BCUT2D eigenvalue weighted by Gasteiger charge is -2.21. The molecule has 1 unspecified atom stereocenters. The lowest BCUT2D eigenvalue weighted by molar-refractivity contribution is -0.117. The van der Waals surface area contributed by atoms with Crippen molar-refractivity contribution in [2.45, 2.75) is 46.6 Å². The molecular formula is C22H26N4O2S. The highest BCUT2D eigenvalue weighted by atomic mass is 32.1. The first-order chi connectivity index (χ1) is 13.9. The van der Waals surface area contributed by atoms with Gasteiger partial charge in [0.15, 0.2) is 10.9 Å². The summed E-state index contributed by atoms with van der Waals surface area (Å²) in [7, 11) is 0. The number of aromatic nitrogens is 2. The number of anilines is 1. The van der Waals surface area contributed by atoms with Crippen LogP contribution in [0.2, 0.25) is 0 Å². The number of amides is 1. The van der Waals surface area contributed by atoms with Gasteiger partial charge in [0.05, 0.1) is 24.0 Å². The molecule has 1 aliphatic rings. The molecule has 1 aromatic carbocycles. The second kappa shape index (κ2) is 8.08. The van der Waals surface area contributed by atoms with Gasteiger partial charge in [-0.25, -0.2) is 4.98 Å². The standard InChI is InChI=1S/C22H26N4O2S/c1-13-8-14(2)21(15(3)9-13)17-12-29-22(23-17)24-20(27)11-26-7-5-6-18(26)19-10-16(4)25-28-19/h8-10,12,18H,5-7,11H2,1-4H3,(H,23,24,27). The van der Waals surface area contributed by atoms with E-state index in [9.17, 15) is 4.79 Å². The van der Waals surface area contributed by atoms with Gasteiger partial charge < -0.3 is 9.84 Å². The quantitative estimate of drug-likeness (QED) is 0.654. The van der Waals surface area contributed by atoms with Crippen LogP contribution in [0, 0.1) is 27.7 Å². The molecule has 1 N–H and O–H groups in total. The third-order valence-corrected chi connectivity index (χ3v) is 6.13. The zero-order valence-electron chi connectivity index (χ0n) is 17.3. The van der Waals surface area contributed by atoms with Crippen LogP contribution in [-0.2, 0) is 4.79 Å². The Bertz CT molecular complexity index is 1020. The van der Waals surface area contributed by atoms with Gasteiger partial charge >= 0.3 is 0 Å². The maximum atomic E-state index is 12.6. The Kier molecular flexibility index (Phi) is 5.52. The fraction of sp³-hybridized carbons (Fsp3) is 0.409. The zero-order valence-corrected chi connectivity index (χ0v) is 18.1. The minimum Gasteiger partial charge on any atom is -0.359 e. The van der Waals surface area contributed by atoms with Crippen molar-refractivity contribution in [1.82, 2.24) is 15.0 Å². The van der Waals surface area contributed by atoms with Gasteiger partial charge in [-0.1, -0.05) is 22.9 Å². The second-order valence-corrected chi connectivity index (χ2v) is 8.72. The fourth-order valence-corrected chi connectivity index (χ4v) is 4.97. The van der Waals surface area contributed by atoms with E-state index >= 15 is 0 Å². The minimum absolute atomic E-state index is 0.0496. The Morgan fingerprint density at radius 2 is 2.00 bits per heavy atom. The Morgan fingerprint density at radius 3 is 2.69 bits per heavy atom. The molecular weight excluding hydrogens is 384 g/mol. The van der Waals surface area contributed by atoms with Crippen molar-refractivity contribution in [2.24, 2.45) is 0 Å². The smallest absolute Gasteiger partial charge is 0.240 e. The molecule has 3 aromatic rings. The van der Waals surface area contributed by atoms with Crippen molar-refractivity contribution in [3.8, 4) is 11.3 Å². The van der Waals surface area contributed by atoms with Crippen LogP contribution < -0.4 is 5.32 Å². The molecule has 1 fully saturated rings. The first kappa shape index (κ1) is 19.8. The summed E-state index contributed by atoms with van der Waals surface area (Å²) in [4.78, 5) is 19.5. The molecule has 6 nitrogen and oxygen atoms in total. The highest BCUT2D eigenvalue weighted by molar-refractivity contribution is 7.14. The summed E-state index contributed by atoms with van der Waals surface area (Å²) in [5, 5.41) is 9.60. The van der Waals surface area contributed by atoms with Crippen molar-refractivity contribution in [3.05, 3.63) is 51.7 Å². The summed E-state index contributed by atoms with van der Waals surface area (Å²) < 4.78 is 5.43. The Labute approximate surface area is 174 Å². The average Bonchev–Trinajstić information content (AvgIpc) is 3.36. The van der Waals surface area contributed by atoms with Gasteiger partial charge in [0.2, 0.25) is 5.91 Å². The topological polar surface area (TPSA) is 71.3 Å². The molecule has 0 radical (unpaired) electrons. The summed E-state index contributed by atoms with van der Waals surface area (Å²) in [6.07, 6.45) is 2.03. The van der Waals surface area contributed by atoms with Crippen molar-refractivity contribution in [3.63, 3.8) is 0 Å². The van der Waals surface area contributed by atoms with E-state index < -0.39 is 0 Å². The largest absolute Gasteiger partial charge is 0.359 e. The van der Waals surface area contributed by atoms with Gasteiger partial charge in [-0.05, 0) is 58.2 Å². The van der Waals surface area contributed by atoms with Crippen molar-refractivity contribution >= 4 is 22.4 Å². The third-order valence-electron chi connectivity index (χ3n) is 5.37. The lowest BCUT2D eigenvalue weighted by Crippen LogP contribution is -2.32. The molecule has 1 amide bonds. The monoisotopic (exact) mass is 410 g/mol. The van der Waals surface area contributed by atoms with Crippen LogP contribution in [0.3, 0.4) is 0 Å². The maximum Gasteiger partial charge on any atom is 0.240 e. The van der Waals surface area contributed by atoms with Gasteiger partial charge in [0.1, 0.15) is 0 Å². The van der Waals surface area contributed by atoms with Crippen LogP contribution >= 0.6 is 11.3 Å². The van der Waals surface area contributed by atoms with E-state index in [1.165, 1.54) is 28.0 Å². The number of aryl methyl sites for hydroxylation is 4. The van der Waals surface area contributed by atoms with Crippen LogP contribution in [0.1, 0.15) is 47.0 Å². The molecule has 4 rings (SSSR count). The van der Waals surface area contributed by atoms with Crippen LogP contribution in [0.15, 0.2) is 28.1 Å². The van der Waals surface area contributed by atoms with E-state index in [4.69, 9.17) is 4.52 Å². The molecule has 29 heavy (non-hydrogen) atoms. The summed E-state index contributed by atoms with van der Waals surface area (Å²) in [5.41, 5.74) is 6.58. The number of rotatable bonds is 5. The van der Waals surface area contributed by atoms with Gasteiger partial charge in [0.25, 0.3) is 0 Å². The van der Waals surface area contributed by atoms with Crippen LogP contribution in [0.25, 0.3) is 11.3 Å². The number of hydrogen-bond acceptors (Lipinski definition) is 6. The molecule has 3 heterocycles. The highest BCUT2D eigenvalue weighted by Gasteiger charge is 2.30. The second-order valence-electron chi connectivity index (χ2n) is 7.86. The molecule has 1 atom stereocenters. The summed E-state index contributed by atoms with van der Waals surface area (Å²) in [5.74, 6) is 0.793. The van der Waals surface area contributed by atoms with Crippen molar-refractivity contribution in [1.29, 1.82) is 0 Å². The number of likely N-dealkylation sites (tertiary alicyclic amines) is 1. The van der Waals surface area contributed by atoms with Gasteiger partial charge in [-0.3, -0.25) is 9.69 Å². The van der Waals surface area contributed by atoms with E-state index in [-0.39, 0.29) is 11.9 Å². The molecule has 1 aliphatic heterocycles. The molecule has 7 heteroatoms. The number of benzene rings is 1. The summed E-state index contributed by atoms with van der Waals surface area (Å²) in [6.45, 7) is 9.42. The van der Waals surface area contributed by atoms with Crippen molar-refractivity contribution in [2.75, 3.05) is 18.4 Å². The van der Waals surface area contributed by atoms with Gasteiger partial charge in [-0.15, -0.1) is 11.3 Å². The van der Waals surface area contributed by atoms with Gasteiger partial charge in [0, 0.05) is 17.0 Å². The molecule has 0 spiro atoms. The van der Waals surface area contributed by atoms with Gasteiger partial charge in [-0.2, -0.15) is 0 Å². The summed E-state index contributed by atoms with van der Waals surface area (Å²) in [6, 6.07) is 6.41. The minimum atomic E-state index is -0.0496. The first-order valence-electron chi connectivity index (χ1n) is 9.91. The van der Waals surface area contributed by atoms with E-state index in [0.717, 1.165) is 42.1 Å². The molecule has 2 aromatic heterocycles. The molecule has 152 valence electrons. The number of thiazole rings is 1. The predicted molar refractivity (Wildman–Crippen MR) is 115 cm³/mol. The highest BCUT2D eigenvalue weighted by Crippen LogP contribution is 2.33. The van der Waals surface area contributed by atoms with E-state index in [0.29, 0.717) is 11.7 Å². The molecule has 0 bridgehead atoms. The van der Waals surface area contributed by atoms with Crippen LogP contribution in [-0.4, -0.2) is 34.0 Å². The fourth-order valence-electron chi connectivity index (χ4n) is 4.25. The Balaban J connectivity index is 1.43. The van der Waals surface area contributed by atoms with Crippen molar-refractivity contribution < 1.29 is 9.32 Å². The summed E-state index contributed by atoms with van der Waals surface area (Å²) >= 11 is 1.46.